The Labute approximate surface area is 224 Å². The molecular formula is C26H35Cl2N3O4S. The first-order valence-corrected chi connectivity index (χ1v) is 14.2. The third-order valence-electron chi connectivity index (χ3n) is 5.74. The number of hydrogen-bond donors (Lipinski definition) is 1. The van der Waals surface area contributed by atoms with E-state index in [9.17, 15) is 18.0 Å². The molecule has 0 aliphatic rings. The van der Waals surface area contributed by atoms with Gasteiger partial charge in [-0.15, -0.1) is 0 Å². The van der Waals surface area contributed by atoms with Gasteiger partial charge in [0.2, 0.25) is 21.8 Å². The Bertz CT molecular complexity index is 1230. The first-order valence-electron chi connectivity index (χ1n) is 11.6. The van der Waals surface area contributed by atoms with Gasteiger partial charge in [-0.25, -0.2) is 8.42 Å². The van der Waals surface area contributed by atoms with Gasteiger partial charge in [-0.3, -0.25) is 13.9 Å². The molecule has 0 aromatic heterocycles. The smallest absolute Gasteiger partial charge is 0.244 e. The first-order chi connectivity index (χ1) is 16.5. The number of carbonyl (C=O) groups is 2. The minimum absolute atomic E-state index is 0.0518. The van der Waals surface area contributed by atoms with E-state index in [0.29, 0.717) is 27.7 Å². The van der Waals surface area contributed by atoms with Crippen molar-refractivity contribution >= 4 is 50.7 Å². The van der Waals surface area contributed by atoms with Crippen LogP contribution in [0.3, 0.4) is 0 Å². The van der Waals surface area contributed by atoms with Crippen LogP contribution in [0.15, 0.2) is 36.4 Å². The molecule has 0 aliphatic heterocycles. The molecule has 1 N–H and O–H groups in total. The van der Waals surface area contributed by atoms with Gasteiger partial charge in [0, 0.05) is 12.1 Å². The maximum atomic E-state index is 13.8. The van der Waals surface area contributed by atoms with Crippen LogP contribution in [-0.2, 0) is 26.2 Å². The summed E-state index contributed by atoms with van der Waals surface area (Å²) in [6.07, 6.45) is 1.40. The summed E-state index contributed by atoms with van der Waals surface area (Å²) in [6, 6.07) is 9.45. The summed E-state index contributed by atoms with van der Waals surface area (Å²) in [4.78, 5) is 28.4. The van der Waals surface area contributed by atoms with Crippen LogP contribution in [0.5, 0.6) is 0 Å². The van der Waals surface area contributed by atoms with Crippen molar-refractivity contribution in [3.8, 4) is 0 Å². The lowest BCUT2D eigenvalue weighted by Crippen LogP contribution is -2.55. The zero-order valence-electron chi connectivity index (χ0n) is 21.9. The van der Waals surface area contributed by atoms with Crippen molar-refractivity contribution in [1.82, 2.24) is 10.2 Å². The highest BCUT2D eigenvalue weighted by Gasteiger charge is 2.33. The van der Waals surface area contributed by atoms with Crippen molar-refractivity contribution in [2.24, 2.45) is 0 Å². The van der Waals surface area contributed by atoms with Gasteiger partial charge in [-0.05, 0) is 75.9 Å². The fourth-order valence-electron chi connectivity index (χ4n) is 3.81. The van der Waals surface area contributed by atoms with Crippen LogP contribution < -0.4 is 9.62 Å². The summed E-state index contributed by atoms with van der Waals surface area (Å²) in [5.74, 6) is -0.834. The summed E-state index contributed by atoms with van der Waals surface area (Å²) in [5.41, 5.74) is 2.23. The molecule has 0 saturated heterocycles. The Morgan fingerprint density at radius 3 is 2.22 bits per heavy atom. The highest BCUT2D eigenvalue weighted by molar-refractivity contribution is 7.92. The summed E-state index contributed by atoms with van der Waals surface area (Å²) < 4.78 is 26.7. The Balaban J connectivity index is 2.53. The Hall–Kier alpha value is -2.29. The fourth-order valence-corrected chi connectivity index (χ4v) is 5.03. The summed E-state index contributed by atoms with van der Waals surface area (Å²) in [7, 11) is -3.81. The van der Waals surface area contributed by atoms with E-state index in [0.717, 1.165) is 21.7 Å². The zero-order valence-corrected chi connectivity index (χ0v) is 24.2. The second-order valence-corrected chi connectivity index (χ2v) is 12.6. The van der Waals surface area contributed by atoms with E-state index in [-0.39, 0.29) is 12.5 Å². The number of halogens is 2. The van der Waals surface area contributed by atoms with Crippen molar-refractivity contribution in [2.45, 2.75) is 66.1 Å². The minimum Gasteiger partial charge on any atom is -0.350 e. The highest BCUT2D eigenvalue weighted by Crippen LogP contribution is 2.27. The number of aryl methyl sites for hydroxylation is 1. The average molecular weight is 557 g/mol. The molecule has 10 heteroatoms. The van der Waals surface area contributed by atoms with Gasteiger partial charge in [0.25, 0.3) is 0 Å². The van der Waals surface area contributed by atoms with E-state index in [1.54, 1.807) is 37.3 Å². The standard InChI is InChI=1S/C26H35Cl2N3O4S/c1-8-22(25(33)29-26(4,5)6)30(15-19-12-13-20(27)21(28)14-19)24(32)16-31(36(7,34)35)23-11-9-10-17(2)18(23)3/h9-14,22H,8,15-16H2,1-7H3,(H,29,33)/t22-/m0/s1. The van der Waals surface area contributed by atoms with Crippen LogP contribution in [0.2, 0.25) is 10.0 Å². The molecule has 0 saturated carbocycles. The van der Waals surface area contributed by atoms with Gasteiger partial charge >= 0.3 is 0 Å². The van der Waals surface area contributed by atoms with E-state index in [4.69, 9.17) is 23.2 Å². The molecule has 2 aromatic rings. The Kier molecular flexibility index (Phi) is 9.84. The minimum atomic E-state index is -3.81. The van der Waals surface area contributed by atoms with Gasteiger partial charge in [0.15, 0.2) is 0 Å². The third-order valence-corrected chi connectivity index (χ3v) is 7.61. The number of benzene rings is 2. The largest absolute Gasteiger partial charge is 0.350 e. The zero-order chi connectivity index (χ0) is 27.4. The Morgan fingerprint density at radius 1 is 1.06 bits per heavy atom. The Morgan fingerprint density at radius 2 is 1.69 bits per heavy atom. The molecular weight excluding hydrogens is 521 g/mol. The molecule has 0 unspecified atom stereocenters. The third kappa shape index (κ3) is 7.85. The van der Waals surface area contributed by atoms with Gasteiger partial charge < -0.3 is 10.2 Å². The quantitative estimate of drug-likeness (QED) is 0.466. The molecule has 0 aliphatic carbocycles. The van der Waals surface area contributed by atoms with E-state index >= 15 is 0 Å². The fraction of sp³-hybridized carbons (Fsp3) is 0.462. The second-order valence-electron chi connectivity index (χ2n) is 9.92. The normalized spacial score (nSPS) is 12.7. The number of sulfonamides is 1. The van der Waals surface area contributed by atoms with Gasteiger partial charge in [-0.2, -0.15) is 0 Å². The monoisotopic (exact) mass is 555 g/mol. The molecule has 1 atom stereocenters. The van der Waals surface area contributed by atoms with Gasteiger partial charge in [0.05, 0.1) is 22.0 Å². The average Bonchev–Trinajstić information content (AvgIpc) is 2.74. The second kappa shape index (κ2) is 11.8. The topological polar surface area (TPSA) is 86.8 Å². The summed E-state index contributed by atoms with van der Waals surface area (Å²) in [6.45, 7) is 10.7. The predicted molar refractivity (Wildman–Crippen MR) is 147 cm³/mol. The molecule has 0 spiro atoms. The van der Waals surface area contributed by atoms with Crippen LogP contribution in [0.4, 0.5) is 5.69 Å². The van der Waals surface area contributed by atoms with Crippen molar-refractivity contribution in [2.75, 3.05) is 17.1 Å². The molecule has 7 nitrogen and oxygen atoms in total. The van der Waals surface area contributed by atoms with Crippen LogP contribution in [0.25, 0.3) is 0 Å². The van der Waals surface area contributed by atoms with Crippen LogP contribution in [-0.4, -0.2) is 49.5 Å². The predicted octanol–water partition coefficient (Wildman–Crippen LogP) is 5.10. The van der Waals surface area contributed by atoms with E-state index in [1.165, 1.54) is 4.90 Å². The van der Waals surface area contributed by atoms with Crippen LogP contribution >= 0.6 is 23.2 Å². The molecule has 2 aromatic carbocycles. The summed E-state index contributed by atoms with van der Waals surface area (Å²) >= 11 is 12.3. The SMILES string of the molecule is CC[C@@H](C(=O)NC(C)(C)C)N(Cc1ccc(Cl)c(Cl)c1)C(=O)CN(c1cccc(C)c1C)S(C)(=O)=O. The molecule has 0 radical (unpaired) electrons. The summed E-state index contributed by atoms with van der Waals surface area (Å²) in [5, 5.41) is 3.62. The molecule has 2 rings (SSSR count). The van der Waals surface area contributed by atoms with Gasteiger partial charge in [0.1, 0.15) is 12.6 Å². The molecule has 36 heavy (non-hydrogen) atoms. The lowest BCUT2D eigenvalue weighted by Gasteiger charge is -2.34. The van der Waals surface area contributed by atoms with E-state index in [2.05, 4.69) is 5.32 Å². The maximum Gasteiger partial charge on any atom is 0.244 e. The lowest BCUT2D eigenvalue weighted by atomic mass is 10.1. The number of nitrogens with zero attached hydrogens (tertiary/aromatic N) is 2. The van der Waals surface area contributed by atoms with Crippen molar-refractivity contribution in [3.05, 3.63) is 63.1 Å². The number of rotatable bonds is 9. The molecule has 0 heterocycles. The van der Waals surface area contributed by atoms with E-state index < -0.39 is 34.1 Å². The number of anilines is 1. The van der Waals surface area contributed by atoms with E-state index in [1.807, 2.05) is 40.7 Å². The van der Waals surface area contributed by atoms with Crippen molar-refractivity contribution in [3.63, 3.8) is 0 Å². The lowest BCUT2D eigenvalue weighted by molar-refractivity contribution is -0.141. The van der Waals surface area contributed by atoms with Gasteiger partial charge in [-0.1, -0.05) is 48.3 Å². The van der Waals surface area contributed by atoms with Crippen LogP contribution in [0, 0.1) is 13.8 Å². The maximum absolute atomic E-state index is 13.8. The van der Waals surface area contributed by atoms with Crippen molar-refractivity contribution < 1.29 is 18.0 Å². The molecule has 0 fully saturated rings. The number of amides is 2. The highest BCUT2D eigenvalue weighted by atomic mass is 35.5. The molecule has 2 amide bonds. The number of carbonyl (C=O) groups excluding carboxylic acids is 2. The first kappa shape index (κ1) is 29.9. The number of hydrogen-bond acceptors (Lipinski definition) is 4. The molecule has 198 valence electrons. The molecule has 0 bridgehead atoms. The number of nitrogens with one attached hydrogen (secondary N) is 1. The van der Waals surface area contributed by atoms with Crippen LogP contribution in [0.1, 0.15) is 50.8 Å². The van der Waals surface area contributed by atoms with Crippen molar-refractivity contribution in [1.29, 1.82) is 0 Å².